The lowest BCUT2D eigenvalue weighted by molar-refractivity contribution is -0.137. The summed E-state index contributed by atoms with van der Waals surface area (Å²) >= 11 is 5.97. The normalized spacial score (nSPS) is 11.0. The second-order valence-electron chi connectivity index (χ2n) is 5.10. The summed E-state index contributed by atoms with van der Waals surface area (Å²) in [6, 6.07) is 9.66. The molecule has 0 amide bonds. The van der Waals surface area contributed by atoms with Crippen molar-refractivity contribution < 1.29 is 9.90 Å². The molecule has 0 spiro atoms. The Bertz CT molecular complexity index is 858. The van der Waals surface area contributed by atoms with Crippen molar-refractivity contribution >= 4 is 28.7 Å². The van der Waals surface area contributed by atoms with E-state index in [1.54, 1.807) is 12.3 Å². The van der Waals surface area contributed by atoms with Gasteiger partial charge < -0.3 is 9.67 Å². The molecule has 0 unspecified atom stereocenters. The van der Waals surface area contributed by atoms with E-state index in [0.717, 1.165) is 11.1 Å². The standard InChI is InChI=1S/C16H14ClN3O2/c1-10-3-2-4-11(7-10)15-19-13-8-12(17)9-18-16(13)20(15)6-5-14(21)22/h2-4,7-9H,5-6H2,1H3,(H,21,22). The van der Waals surface area contributed by atoms with Crippen LogP contribution in [0.25, 0.3) is 22.6 Å². The fraction of sp³-hybridized carbons (Fsp3) is 0.188. The number of carboxylic acids is 1. The molecule has 0 aliphatic carbocycles. The lowest BCUT2D eigenvalue weighted by Gasteiger charge is -2.07. The molecule has 2 aromatic heterocycles. The van der Waals surface area contributed by atoms with Gasteiger partial charge in [-0.2, -0.15) is 0 Å². The zero-order valence-electron chi connectivity index (χ0n) is 12.0. The predicted octanol–water partition coefficient (Wildman–Crippen LogP) is 3.53. The Morgan fingerprint density at radius 1 is 1.36 bits per heavy atom. The molecule has 0 aliphatic rings. The number of hydrogen-bond donors (Lipinski definition) is 1. The second kappa shape index (κ2) is 5.77. The van der Waals surface area contributed by atoms with Crippen LogP contribution < -0.4 is 0 Å². The third-order valence-electron chi connectivity index (χ3n) is 3.38. The highest BCUT2D eigenvalue weighted by molar-refractivity contribution is 6.31. The molecule has 0 atom stereocenters. The van der Waals surface area contributed by atoms with Crippen LogP contribution in [0.4, 0.5) is 0 Å². The highest BCUT2D eigenvalue weighted by atomic mass is 35.5. The Labute approximate surface area is 132 Å². The quantitative estimate of drug-likeness (QED) is 0.799. The Hall–Kier alpha value is -2.40. The van der Waals surface area contributed by atoms with Crippen LogP contribution in [-0.2, 0) is 11.3 Å². The number of aromatic nitrogens is 3. The SMILES string of the molecule is Cc1cccc(-c2nc3cc(Cl)cnc3n2CCC(=O)O)c1. The van der Waals surface area contributed by atoms with Gasteiger partial charge >= 0.3 is 5.97 Å². The number of rotatable bonds is 4. The molecule has 3 rings (SSSR count). The number of imidazole rings is 1. The van der Waals surface area contributed by atoms with Crippen molar-refractivity contribution in [1.29, 1.82) is 0 Å². The summed E-state index contributed by atoms with van der Waals surface area (Å²) < 4.78 is 1.83. The van der Waals surface area contributed by atoms with E-state index in [1.807, 2.05) is 35.8 Å². The minimum Gasteiger partial charge on any atom is -0.481 e. The number of aryl methyl sites for hydroxylation is 2. The summed E-state index contributed by atoms with van der Waals surface area (Å²) in [4.78, 5) is 19.8. The van der Waals surface area contributed by atoms with Crippen LogP contribution in [0.3, 0.4) is 0 Å². The first-order valence-electron chi connectivity index (χ1n) is 6.85. The van der Waals surface area contributed by atoms with Gasteiger partial charge in [-0.05, 0) is 19.1 Å². The van der Waals surface area contributed by atoms with Crippen LogP contribution in [0.1, 0.15) is 12.0 Å². The van der Waals surface area contributed by atoms with E-state index in [-0.39, 0.29) is 6.42 Å². The van der Waals surface area contributed by atoms with Crippen molar-refractivity contribution in [1.82, 2.24) is 14.5 Å². The zero-order chi connectivity index (χ0) is 15.7. The largest absolute Gasteiger partial charge is 0.481 e. The molecule has 112 valence electrons. The number of nitrogens with zero attached hydrogens (tertiary/aromatic N) is 3. The summed E-state index contributed by atoms with van der Waals surface area (Å²) in [5.74, 6) is -0.152. The van der Waals surface area contributed by atoms with Gasteiger partial charge in [0.15, 0.2) is 5.65 Å². The number of aliphatic carboxylic acids is 1. The van der Waals surface area contributed by atoms with Crippen LogP contribution in [0.15, 0.2) is 36.5 Å². The van der Waals surface area contributed by atoms with Crippen molar-refractivity contribution in [2.45, 2.75) is 19.9 Å². The monoisotopic (exact) mass is 315 g/mol. The third kappa shape index (κ3) is 2.80. The molecule has 0 radical (unpaired) electrons. The predicted molar refractivity (Wildman–Crippen MR) is 85.0 cm³/mol. The molecular formula is C16H14ClN3O2. The Balaban J connectivity index is 2.18. The van der Waals surface area contributed by atoms with Crippen molar-refractivity contribution in [3.05, 3.63) is 47.1 Å². The second-order valence-corrected chi connectivity index (χ2v) is 5.53. The maximum Gasteiger partial charge on any atom is 0.305 e. The molecule has 2 heterocycles. The summed E-state index contributed by atoms with van der Waals surface area (Å²) in [5.41, 5.74) is 3.34. The van der Waals surface area contributed by atoms with Gasteiger partial charge in [0, 0.05) is 18.3 Å². The van der Waals surface area contributed by atoms with Gasteiger partial charge in [0.25, 0.3) is 0 Å². The molecule has 1 N–H and O–H groups in total. The summed E-state index contributed by atoms with van der Waals surface area (Å²) in [6.07, 6.45) is 1.55. The van der Waals surface area contributed by atoms with E-state index in [2.05, 4.69) is 9.97 Å². The van der Waals surface area contributed by atoms with E-state index in [9.17, 15) is 4.79 Å². The van der Waals surface area contributed by atoms with Gasteiger partial charge in [-0.25, -0.2) is 9.97 Å². The van der Waals surface area contributed by atoms with Gasteiger partial charge in [0.05, 0.1) is 11.4 Å². The minimum atomic E-state index is -0.856. The van der Waals surface area contributed by atoms with Crippen molar-refractivity contribution in [3.63, 3.8) is 0 Å². The fourth-order valence-corrected chi connectivity index (χ4v) is 2.56. The number of benzene rings is 1. The third-order valence-corrected chi connectivity index (χ3v) is 3.58. The Kier molecular flexibility index (Phi) is 3.81. The Morgan fingerprint density at radius 2 is 2.18 bits per heavy atom. The van der Waals surface area contributed by atoms with Gasteiger partial charge in [0.2, 0.25) is 0 Å². The van der Waals surface area contributed by atoms with E-state index in [1.165, 1.54) is 0 Å². The smallest absolute Gasteiger partial charge is 0.305 e. The number of carboxylic acid groups (broad SMARTS) is 1. The van der Waals surface area contributed by atoms with Crippen LogP contribution in [0.5, 0.6) is 0 Å². The molecule has 3 aromatic rings. The zero-order valence-corrected chi connectivity index (χ0v) is 12.7. The average Bonchev–Trinajstić information content (AvgIpc) is 2.82. The van der Waals surface area contributed by atoms with Crippen LogP contribution in [0.2, 0.25) is 5.02 Å². The van der Waals surface area contributed by atoms with E-state index >= 15 is 0 Å². The van der Waals surface area contributed by atoms with Crippen molar-refractivity contribution in [2.24, 2.45) is 0 Å². The van der Waals surface area contributed by atoms with Crippen LogP contribution >= 0.6 is 11.6 Å². The number of pyridine rings is 1. The van der Waals surface area contributed by atoms with E-state index in [0.29, 0.717) is 28.6 Å². The summed E-state index contributed by atoms with van der Waals surface area (Å²) in [7, 11) is 0. The molecule has 0 aliphatic heterocycles. The van der Waals surface area contributed by atoms with Gasteiger partial charge in [-0.15, -0.1) is 0 Å². The number of fused-ring (bicyclic) bond motifs is 1. The highest BCUT2D eigenvalue weighted by Crippen LogP contribution is 2.26. The molecule has 0 saturated carbocycles. The van der Waals surface area contributed by atoms with Gasteiger partial charge in [0.1, 0.15) is 11.3 Å². The molecular weight excluding hydrogens is 302 g/mol. The van der Waals surface area contributed by atoms with Crippen LogP contribution in [-0.4, -0.2) is 25.6 Å². The molecule has 6 heteroatoms. The highest BCUT2D eigenvalue weighted by Gasteiger charge is 2.15. The Morgan fingerprint density at radius 3 is 2.91 bits per heavy atom. The maximum absolute atomic E-state index is 10.9. The molecule has 1 aromatic carbocycles. The first-order valence-corrected chi connectivity index (χ1v) is 7.23. The summed E-state index contributed by atoms with van der Waals surface area (Å²) in [6.45, 7) is 2.31. The number of carbonyl (C=O) groups is 1. The lowest BCUT2D eigenvalue weighted by Crippen LogP contribution is -2.06. The van der Waals surface area contributed by atoms with E-state index in [4.69, 9.17) is 16.7 Å². The maximum atomic E-state index is 10.9. The van der Waals surface area contributed by atoms with Gasteiger partial charge in [-0.1, -0.05) is 35.4 Å². The van der Waals surface area contributed by atoms with Crippen LogP contribution in [0, 0.1) is 6.92 Å². The fourth-order valence-electron chi connectivity index (χ4n) is 2.41. The van der Waals surface area contributed by atoms with Gasteiger partial charge in [-0.3, -0.25) is 4.79 Å². The lowest BCUT2D eigenvalue weighted by atomic mass is 10.1. The molecule has 0 saturated heterocycles. The molecule has 5 nitrogen and oxygen atoms in total. The van der Waals surface area contributed by atoms with Crippen molar-refractivity contribution in [2.75, 3.05) is 0 Å². The van der Waals surface area contributed by atoms with Crippen molar-refractivity contribution in [3.8, 4) is 11.4 Å². The number of hydrogen-bond acceptors (Lipinski definition) is 3. The first kappa shape index (κ1) is 14.5. The number of halogens is 1. The van der Waals surface area contributed by atoms with E-state index < -0.39 is 5.97 Å². The topological polar surface area (TPSA) is 68.0 Å². The molecule has 22 heavy (non-hydrogen) atoms. The molecule has 0 fully saturated rings. The average molecular weight is 316 g/mol. The molecule has 0 bridgehead atoms. The minimum absolute atomic E-state index is 0.00851. The first-order chi connectivity index (χ1) is 10.5. The summed E-state index contributed by atoms with van der Waals surface area (Å²) in [5, 5.41) is 9.46.